The molecule has 0 saturated heterocycles. The van der Waals surface area contributed by atoms with Crippen molar-refractivity contribution in [2.24, 2.45) is 11.8 Å². The Morgan fingerprint density at radius 1 is 0.750 bits per heavy atom. The van der Waals surface area contributed by atoms with Gasteiger partial charge in [0, 0.05) is 6.54 Å². The van der Waals surface area contributed by atoms with Crippen LogP contribution >= 0.6 is 0 Å². The number of hydrogen-bond acceptors (Lipinski definition) is 8. The van der Waals surface area contributed by atoms with Crippen LogP contribution in [0, 0.1) is 11.8 Å². The molecule has 0 unspecified atom stereocenters. The SMILES string of the molecule is COC(=O)[C@H](CC(C)C)NC(=O)[C@H](CC(C)C)NC(=O)[C@H](CCCCNC(=O)OCc1ccccc1)NC(=O)OC(C)(C)C. The Bertz CT molecular complexity index is 1060. The van der Waals surface area contributed by atoms with Crippen LogP contribution in [0.25, 0.3) is 0 Å². The van der Waals surface area contributed by atoms with Gasteiger partial charge in [-0.1, -0.05) is 58.0 Å². The number of benzene rings is 1. The number of alkyl carbamates (subject to hydrolysis) is 2. The maximum Gasteiger partial charge on any atom is 0.408 e. The number of ether oxygens (including phenoxy) is 3. The number of unbranched alkanes of at least 4 members (excludes halogenated alkanes) is 1. The molecule has 0 aliphatic heterocycles. The first-order valence-corrected chi connectivity index (χ1v) is 15.2. The number of methoxy groups -OCH3 is 1. The second kappa shape index (κ2) is 19.4. The predicted octanol–water partition coefficient (Wildman–Crippen LogP) is 4.21. The minimum atomic E-state index is -1.01. The van der Waals surface area contributed by atoms with Crippen LogP contribution < -0.4 is 21.3 Å². The molecule has 4 amide bonds. The van der Waals surface area contributed by atoms with Crippen molar-refractivity contribution in [3.05, 3.63) is 35.9 Å². The predicted molar refractivity (Wildman–Crippen MR) is 166 cm³/mol. The Morgan fingerprint density at radius 2 is 1.32 bits per heavy atom. The highest BCUT2D eigenvalue weighted by molar-refractivity contribution is 5.93. The molecule has 0 aliphatic rings. The van der Waals surface area contributed by atoms with E-state index in [0.29, 0.717) is 32.2 Å². The van der Waals surface area contributed by atoms with Gasteiger partial charge in [-0.05, 0) is 70.3 Å². The van der Waals surface area contributed by atoms with Crippen molar-refractivity contribution < 1.29 is 38.2 Å². The molecular weight excluding hydrogens is 568 g/mol. The van der Waals surface area contributed by atoms with Crippen LogP contribution in [0.1, 0.15) is 86.1 Å². The molecule has 0 heterocycles. The average molecular weight is 621 g/mol. The van der Waals surface area contributed by atoms with Gasteiger partial charge >= 0.3 is 18.2 Å². The zero-order valence-electron chi connectivity index (χ0n) is 27.5. The maximum atomic E-state index is 13.4. The highest BCUT2D eigenvalue weighted by Gasteiger charge is 2.31. The molecule has 0 spiro atoms. The van der Waals surface area contributed by atoms with Crippen LogP contribution in [0.4, 0.5) is 9.59 Å². The molecule has 1 rings (SSSR count). The van der Waals surface area contributed by atoms with Crippen LogP contribution in [0.3, 0.4) is 0 Å². The number of rotatable bonds is 17. The number of esters is 1. The molecule has 0 fully saturated rings. The van der Waals surface area contributed by atoms with E-state index < -0.39 is 53.7 Å². The molecule has 0 aromatic heterocycles. The first-order valence-electron chi connectivity index (χ1n) is 15.2. The lowest BCUT2D eigenvalue weighted by atomic mass is 10.00. The molecule has 248 valence electrons. The number of carbonyl (C=O) groups excluding carboxylic acids is 5. The average Bonchev–Trinajstić information content (AvgIpc) is 2.93. The molecule has 0 radical (unpaired) electrons. The fraction of sp³-hybridized carbons (Fsp3) is 0.656. The molecule has 12 heteroatoms. The van der Waals surface area contributed by atoms with Crippen LogP contribution in [0.15, 0.2) is 30.3 Å². The molecule has 1 aromatic carbocycles. The second-order valence-electron chi connectivity index (χ2n) is 12.6. The molecule has 0 bridgehead atoms. The fourth-order valence-electron chi connectivity index (χ4n) is 4.23. The van der Waals surface area contributed by atoms with E-state index in [-0.39, 0.29) is 24.9 Å². The second-order valence-corrected chi connectivity index (χ2v) is 12.6. The summed E-state index contributed by atoms with van der Waals surface area (Å²) in [7, 11) is 1.26. The Kier molecular flexibility index (Phi) is 16.9. The van der Waals surface area contributed by atoms with Crippen molar-refractivity contribution in [2.75, 3.05) is 13.7 Å². The van der Waals surface area contributed by atoms with Gasteiger partial charge in [0.15, 0.2) is 0 Å². The van der Waals surface area contributed by atoms with Crippen molar-refractivity contribution in [2.45, 2.75) is 111 Å². The van der Waals surface area contributed by atoms with E-state index >= 15 is 0 Å². The van der Waals surface area contributed by atoms with Gasteiger partial charge in [-0.3, -0.25) is 9.59 Å². The Balaban J connectivity index is 2.85. The molecular formula is C32H52N4O8. The topological polar surface area (TPSA) is 161 Å². The van der Waals surface area contributed by atoms with E-state index in [2.05, 4.69) is 21.3 Å². The minimum absolute atomic E-state index is 0.0395. The zero-order chi connectivity index (χ0) is 33.3. The largest absolute Gasteiger partial charge is 0.467 e. The fourth-order valence-corrected chi connectivity index (χ4v) is 4.23. The highest BCUT2D eigenvalue weighted by atomic mass is 16.6. The van der Waals surface area contributed by atoms with E-state index in [0.717, 1.165) is 5.56 Å². The summed E-state index contributed by atoms with van der Waals surface area (Å²) in [6.45, 7) is 13.2. The monoisotopic (exact) mass is 620 g/mol. The summed E-state index contributed by atoms with van der Waals surface area (Å²) < 4.78 is 15.4. The third-order valence-corrected chi connectivity index (χ3v) is 6.26. The van der Waals surface area contributed by atoms with Gasteiger partial charge in [0.05, 0.1) is 7.11 Å². The summed E-state index contributed by atoms with van der Waals surface area (Å²) in [5.74, 6) is -1.50. The molecule has 1 aromatic rings. The third-order valence-electron chi connectivity index (χ3n) is 6.26. The summed E-state index contributed by atoms with van der Waals surface area (Å²) in [5, 5.41) is 10.8. The van der Waals surface area contributed by atoms with Crippen molar-refractivity contribution >= 4 is 30.0 Å². The van der Waals surface area contributed by atoms with Gasteiger partial charge < -0.3 is 35.5 Å². The van der Waals surface area contributed by atoms with Gasteiger partial charge in [-0.2, -0.15) is 0 Å². The van der Waals surface area contributed by atoms with Gasteiger partial charge in [-0.25, -0.2) is 14.4 Å². The van der Waals surface area contributed by atoms with E-state index in [1.807, 2.05) is 58.0 Å². The van der Waals surface area contributed by atoms with Gasteiger partial charge in [0.25, 0.3) is 0 Å². The molecule has 3 atom stereocenters. The molecule has 4 N–H and O–H groups in total. The van der Waals surface area contributed by atoms with Crippen molar-refractivity contribution in [1.29, 1.82) is 0 Å². The Labute approximate surface area is 261 Å². The summed E-state index contributed by atoms with van der Waals surface area (Å²) >= 11 is 0. The summed E-state index contributed by atoms with van der Waals surface area (Å²) in [6, 6.07) is 6.48. The highest BCUT2D eigenvalue weighted by Crippen LogP contribution is 2.12. The standard InChI is InChI=1S/C32H52N4O8/c1-21(2)18-25(28(38)35-26(19-22(3)4)29(39)42-8)34-27(37)24(36-31(41)44-32(5,6)7)16-12-13-17-33-30(40)43-20-23-14-10-9-11-15-23/h9-11,14-15,21-22,24-26H,12-13,16-20H2,1-8H3,(H,33,40)(H,34,37)(H,35,38)(H,36,41)/t24-,25-,26-/m0/s1. The van der Waals surface area contributed by atoms with Crippen LogP contribution in [0.5, 0.6) is 0 Å². The van der Waals surface area contributed by atoms with E-state index in [1.165, 1.54) is 7.11 Å². The Hall–Kier alpha value is -3.83. The summed E-state index contributed by atoms with van der Waals surface area (Å²) in [5.41, 5.74) is 0.0871. The third kappa shape index (κ3) is 16.7. The zero-order valence-corrected chi connectivity index (χ0v) is 27.5. The van der Waals surface area contributed by atoms with E-state index in [1.54, 1.807) is 20.8 Å². The van der Waals surface area contributed by atoms with Gasteiger partial charge in [0.1, 0.15) is 30.3 Å². The molecule has 44 heavy (non-hydrogen) atoms. The lowest BCUT2D eigenvalue weighted by molar-refractivity contribution is -0.146. The van der Waals surface area contributed by atoms with E-state index in [9.17, 15) is 24.0 Å². The summed E-state index contributed by atoms with van der Waals surface area (Å²) in [4.78, 5) is 63.6. The first kappa shape index (κ1) is 38.2. The first-order chi connectivity index (χ1) is 20.6. The lowest BCUT2D eigenvalue weighted by Crippen LogP contribution is -2.56. The number of hydrogen-bond donors (Lipinski definition) is 4. The van der Waals surface area contributed by atoms with Gasteiger partial charge in [0.2, 0.25) is 11.8 Å². The normalized spacial score (nSPS) is 13.3. The van der Waals surface area contributed by atoms with E-state index in [4.69, 9.17) is 14.2 Å². The van der Waals surface area contributed by atoms with Gasteiger partial charge in [-0.15, -0.1) is 0 Å². The lowest BCUT2D eigenvalue weighted by Gasteiger charge is -2.27. The van der Waals surface area contributed by atoms with Crippen LogP contribution in [0.2, 0.25) is 0 Å². The number of nitrogens with one attached hydrogen (secondary N) is 4. The smallest absolute Gasteiger partial charge is 0.408 e. The Morgan fingerprint density at radius 3 is 1.89 bits per heavy atom. The van der Waals surface area contributed by atoms with Crippen molar-refractivity contribution in [3.63, 3.8) is 0 Å². The van der Waals surface area contributed by atoms with Crippen LogP contribution in [-0.2, 0) is 35.2 Å². The molecule has 0 aliphatic carbocycles. The number of carbonyl (C=O) groups is 5. The van der Waals surface area contributed by atoms with Crippen molar-refractivity contribution in [3.8, 4) is 0 Å². The summed E-state index contributed by atoms with van der Waals surface area (Å²) in [6.07, 6.45) is 0.547. The molecule has 0 saturated carbocycles. The maximum absolute atomic E-state index is 13.4. The number of amides is 4. The molecule has 12 nitrogen and oxygen atoms in total. The minimum Gasteiger partial charge on any atom is -0.467 e. The quantitative estimate of drug-likeness (QED) is 0.114. The van der Waals surface area contributed by atoms with Crippen molar-refractivity contribution in [1.82, 2.24) is 21.3 Å². The van der Waals surface area contributed by atoms with Crippen LogP contribution in [-0.4, -0.2) is 67.4 Å².